The number of methoxy groups -OCH3 is 1. The lowest BCUT2D eigenvalue weighted by Gasteiger charge is -2.12. The highest BCUT2D eigenvalue weighted by molar-refractivity contribution is 7.87. The van der Waals surface area contributed by atoms with E-state index in [-0.39, 0.29) is 6.54 Å². The number of carbonyl (C=O) groups excluding carboxylic acids is 1. The first kappa shape index (κ1) is 14.6. The minimum atomic E-state index is -3.51. The molecule has 18 heavy (non-hydrogen) atoms. The van der Waals surface area contributed by atoms with Crippen LogP contribution >= 0.6 is 0 Å². The Labute approximate surface area is 106 Å². The number of pyridine rings is 1. The fraction of sp³-hybridized carbons (Fsp3) is 0.400. The van der Waals surface area contributed by atoms with Gasteiger partial charge in [-0.15, -0.1) is 0 Å². The average Bonchev–Trinajstić information content (AvgIpc) is 2.35. The molecule has 0 saturated carbocycles. The van der Waals surface area contributed by atoms with Gasteiger partial charge in [-0.25, -0.2) is 4.79 Å². The number of carbonyl (C=O) groups is 1. The van der Waals surface area contributed by atoms with Gasteiger partial charge in [0.25, 0.3) is 10.2 Å². The Balaban J connectivity index is 2.78. The highest BCUT2D eigenvalue weighted by Gasteiger charge is 2.13. The van der Waals surface area contributed by atoms with Gasteiger partial charge in [0.15, 0.2) is 0 Å². The van der Waals surface area contributed by atoms with Crippen molar-refractivity contribution in [3.05, 3.63) is 29.6 Å². The number of hydrogen-bond acceptors (Lipinski definition) is 5. The summed E-state index contributed by atoms with van der Waals surface area (Å²) in [5, 5.41) is 0. The van der Waals surface area contributed by atoms with E-state index in [1.807, 2.05) is 0 Å². The maximum Gasteiger partial charge on any atom is 0.337 e. The first-order chi connectivity index (χ1) is 8.36. The topological polar surface area (TPSA) is 88.6 Å². The molecule has 0 bridgehead atoms. The van der Waals surface area contributed by atoms with Gasteiger partial charge in [-0.2, -0.15) is 17.4 Å². The monoisotopic (exact) mass is 273 g/mol. The molecule has 0 aromatic carbocycles. The number of aromatic nitrogens is 1. The Kier molecular flexibility index (Phi) is 4.76. The van der Waals surface area contributed by atoms with Gasteiger partial charge in [-0.3, -0.25) is 4.98 Å². The number of hydrogen-bond donors (Lipinski definition) is 1. The van der Waals surface area contributed by atoms with Crippen LogP contribution < -0.4 is 4.72 Å². The SMILES string of the molecule is COC(=O)c1ccnc(CNS(=O)(=O)N(C)C)c1. The second-order valence-corrected chi connectivity index (χ2v) is 5.61. The summed E-state index contributed by atoms with van der Waals surface area (Å²) in [7, 11) is 0.602. The molecule has 1 heterocycles. The van der Waals surface area contributed by atoms with Crippen molar-refractivity contribution in [3.63, 3.8) is 0 Å². The molecular weight excluding hydrogens is 258 g/mol. The summed E-state index contributed by atoms with van der Waals surface area (Å²) in [6, 6.07) is 2.97. The maximum atomic E-state index is 11.5. The highest BCUT2D eigenvalue weighted by Crippen LogP contribution is 2.04. The van der Waals surface area contributed by atoms with E-state index < -0.39 is 16.2 Å². The second kappa shape index (κ2) is 5.89. The average molecular weight is 273 g/mol. The van der Waals surface area contributed by atoms with Crippen molar-refractivity contribution >= 4 is 16.2 Å². The Hall–Kier alpha value is -1.51. The lowest BCUT2D eigenvalue weighted by atomic mass is 10.2. The largest absolute Gasteiger partial charge is 0.465 e. The van der Waals surface area contributed by atoms with Crippen molar-refractivity contribution in [2.45, 2.75) is 6.54 Å². The molecule has 0 unspecified atom stereocenters. The van der Waals surface area contributed by atoms with Crippen LogP contribution in [0.1, 0.15) is 16.1 Å². The van der Waals surface area contributed by atoms with Crippen LogP contribution in [0.4, 0.5) is 0 Å². The van der Waals surface area contributed by atoms with Gasteiger partial charge < -0.3 is 4.74 Å². The summed E-state index contributed by atoms with van der Waals surface area (Å²) in [5.41, 5.74) is 0.759. The molecule has 0 spiro atoms. The summed E-state index contributed by atoms with van der Waals surface area (Å²) in [6.45, 7) is 0.00531. The third-order valence-electron chi connectivity index (χ3n) is 2.15. The van der Waals surface area contributed by atoms with Crippen molar-refractivity contribution in [1.82, 2.24) is 14.0 Å². The van der Waals surface area contributed by atoms with Crippen LogP contribution in [0.3, 0.4) is 0 Å². The van der Waals surface area contributed by atoms with Crippen molar-refractivity contribution in [2.24, 2.45) is 0 Å². The highest BCUT2D eigenvalue weighted by atomic mass is 32.2. The quantitative estimate of drug-likeness (QED) is 0.748. The van der Waals surface area contributed by atoms with E-state index in [0.717, 1.165) is 4.31 Å². The fourth-order valence-corrected chi connectivity index (χ4v) is 1.70. The molecule has 0 aliphatic heterocycles. The zero-order chi connectivity index (χ0) is 13.8. The number of nitrogens with zero attached hydrogens (tertiary/aromatic N) is 2. The van der Waals surface area contributed by atoms with Gasteiger partial charge in [0.1, 0.15) is 0 Å². The van der Waals surface area contributed by atoms with Gasteiger partial charge in [0.2, 0.25) is 0 Å². The Morgan fingerprint density at radius 2 is 2.17 bits per heavy atom. The van der Waals surface area contributed by atoms with E-state index in [2.05, 4.69) is 14.4 Å². The molecule has 0 aliphatic carbocycles. The predicted octanol–water partition coefficient (Wildman–Crippen LogP) is -0.236. The van der Waals surface area contributed by atoms with Crippen LogP contribution in [-0.2, 0) is 21.5 Å². The van der Waals surface area contributed by atoms with E-state index >= 15 is 0 Å². The van der Waals surface area contributed by atoms with Crippen LogP contribution in [0, 0.1) is 0 Å². The molecule has 1 N–H and O–H groups in total. The number of rotatable bonds is 5. The summed E-state index contributed by atoms with van der Waals surface area (Å²) in [5.74, 6) is -0.492. The zero-order valence-electron chi connectivity index (χ0n) is 10.4. The zero-order valence-corrected chi connectivity index (χ0v) is 11.2. The molecule has 100 valence electrons. The molecule has 0 radical (unpaired) electrons. The van der Waals surface area contributed by atoms with Crippen LogP contribution in [0.25, 0.3) is 0 Å². The summed E-state index contributed by atoms with van der Waals surface area (Å²) >= 11 is 0. The maximum absolute atomic E-state index is 11.5. The molecule has 0 amide bonds. The van der Waals surface area contributed by atoms with E-state index in [1.165, 1.54) is 39.5 Å². The van der Waals surface area contributed by atoms with Gasteiger partial charge in [0, 0.05) is 20.3 Å². The summed E-state index contributed by atoms with van der Waals surface area (Å²) in [6.07, 6.45) is 1.42. The number of ether oxygens (including phenoxy) is 1. The fourth-order valence-electron chi connectivity index (χ4n) is 1.11. The van der Waals surface area contributed by atoms with E-state index in [0.29, 0.717) is 11.3 Å². The van der Waals surface area contributed by atoms with E-state index in [4.69, 9.17) is 0 Å². The standard InChI is InChI=1S/C10H15N3O4S/c1-13(2)18(15,16)12-7-9-6-8(4-5-11-9)10(14)17-3/h4-6,12H,7H2,1-3H3. The van der Waals surface area contributed by atoms with Gasteiger partial charge >= 0.3 is 5.97 Å². The van der Waals surface area contributed by atoms with Crippen molar-refractivity contribution < 1.29 is 17.9 Å². The molecule has 8 heteroatoms. The first-order valence-electron chi connectivity index (χ1n) is 5.07. The Morgan fingerprint density at radius 1 is 1.50 bits per heavy atom. The Bertz CT molecular complexity index is 528. The molecule has 7 nitrogen and oxygen atoms in total. The minimum Gasteiger partial charge on any atom is -0.465 e. The van der Waals surface area contributed by atoms with Crippen LogP contribution in [-0.4, -0.2) is 44.9 Å². The predicted molar refractivity (Wildman–Crippen MR) is 65.0 cm³/mol. The molecular formula is C10H15N3O4S. The first-order valence-corrected chi connectivity index (χ1v) is 6.51. The lowest BCUT2D eigenvalue weighted by molar-refractivity contribution is 0.0600. The van der Waals surface area contributed by atoms with Gasteiger partial charge in [0.05, 0.1) is 24.9 Å². The second-order valence-electron chi connectivity index (χ2n) is 3.64. The molecule has 1 aromatic heterocycles. The normalized spacial score (nSPS) is 11.6. The van der Waals surface area contributed by atoms with Crippen LogP contribution in [0.15, 0.2) is 18.3 Å². The number of nitrogens with one attached hydrogen (secondary N) is 1. The summed E-state index contributed by atoms with van der Waals surface area (Å²) in [4.78, 5) is 15.2. The van der Waals surface area contributed by atoms with E-state index in [1.54, 1.807) is 0 Å². The molecule has 0 aliphatic rings. The minimum absolute atomic E-state index is 0.00531. The molecule has 1 aromatic rings. The number of esters is 1. The van der Waals surface area contributed by atoms with Gasteiger partial charge in [-0.05, 0) is 12.1 Å². The van der Waals surface area contributed by atoms with Gasteiger partial charge in [-0.1, -0.05) is 0 Å². The third kappa shape index (κ3) is 3.76. The molecule has 0 atom stereocenters. The molecule has 1 rings (SSSR count). The van der Waals surface area contributed by atoms with Crippen molar-refractivity contribution in [1.29, 1.82) is 0 Å². The van der Waals surface area contributed by atoms with E-state index in [9.17, 15) is 13.2 Å². The Morgan fingerprint density at radius 3 is 2.72 bits per heavy atom. The third-order valence-corrected chi connectivity index (χ3v) is 3.62. The van der Waals surface area contributed by atoms with Crippen molar-refractivity contribution in [3.8, 4) is 0 Å². The lowest BCUT2D eigenvalue weighted by Crippen LogP contribution is -2.35. The van der Waals surface area contributed by atoms with Crippen molar-refractivity contribution in [2.75, 3.05) is 21.2 Å². The smallest absolute Gasteiger partial charge is 0.337 e. The molecule has 0 fully saturated rings. The van der Waals surface area contributed by atoms with Crippen LogP contribution in [0.5, 0.6) is 0 Å². The molecule has 0 saturated heterocycles. The van der Waals surface area contributed by atoms with Crippen LogP contribution in [0.2, 0.25) is 0 Å². The summed E-state index contributed by atoms with van der Waals surface area (Å²) < 4.78 is 30.9.